The number of nitrogens with zero attached hydrogens (tertiary/aromatic N) is 2. The fraction of sp³-hybridized carbons (Fsp3) is 0.611. The van der Waals surface area contributed by atoms with E-state index >= 15 is 0 Å². The van der Waals surface area contributed by atoms with Gasteiger partial charge in [0.15, 0.2) is 17.5 Å². The maximum absolute atomic E-state index is 5.41. The largest absolute Gasteiger partial charge is 0.454 e. The van der Waals surface area contributed by atoms with Crippen LogP contribution in [0.2, 0.25) is 0 Å². The summed E-state index contributed by atoms with van der Waals surface area (Å²) in [4.78, 5) is 6.85. The SMILES string of the molecule is CN=C(NCc1ccc2c(c1)OCO2)NCC(C)CN1CCCC1.I. The van der Waals surface area contributed by atoms with Gasteiger partial charge in [-0.1, -0.05) is 13.0 Å². The van der Waals surface area contributed by atoms with Crippen LogP contribution in [0.25, 0.3) is 0 Å². The number of hydrogen-bond donors (Lipinski definition) is 2. The number of guanidine groups is 1. The molecule has 25 heavy (non-hydrogen) atoms. The Morgan fingerprint density at radius 1 is 1.20 bits per heavy atom. The Bertz CT molecular complexity index is 576. The quantitative estimate of drug-likeness (QED) is 0.388. The van der Waals surface area contributed by atoms with E-state index in [2.05, 4.69) is 27.4 Å². The van der Waals surface area contributed by atoms with Crippen molar-refractivity contribution in [1.29, 1.82) is 0 Å². The molecule has 1 fully saturated rings. The van der Waals surface area contributed by atoms with Crippen molar-refractivity contribution < 1.29 is 9.47 Å². The molecule has 1 saturated heterocycles. The van der Waals surface area contributed by atoms with E-state index in [4.69, 9.17) is 9.47 Å². The van der Waals surface area contributed by atoms with Crippen LogP contribution in [-0.4, -0.2) is 50.9 Å². The van der Waals surface area contributed by atoms with E-state index in [0.29, 0.717) is 19.3 Å². The van der Waals surface area contributed by atoms with Crippen LogP contribution in [0.1, 0.15) is 25.3 Å². The zero-order valence-corrected chi connectivity index (χ0v) is 17.4. The van der Waals surface area contributed by atoms with Crippen LogP contribution >= 0.6 is 24.0 Å². The van der Waals surface area contributed by atoms with Gasteiger partial charge in [0, 0.05) is 26.7 Å². The minimum atomic E-state index is 0. The number of rotatable bonds is 6. The van der Waals surface area contributed by atoms with Crippen molar-refractivity contribution in [3.8, 4) is 11.5 Å². The zero-order chi connectivity index (χ0) is 16.8. The van der Waals surface area contributed by atoms with Crippen LogP contribution in [0.3, 0.4) is 0 Å². The minimum Gasteiger partial charge on any atom is -0.454 e. The van der Waals surface area contributed by atoms with Crippen molar-refractivity contribution >= 4 is 29.9 Å². The molecule has 0 aromatic heterocycles. The Hall–Kier alpha value is -1.22. The Balaban J connectivity index is 0.00000225. The molecule has 1 unspecified atom stereocenters. The van der Waals surface area contributed by atoms with E-state index in [0.717, 1.165) is 36.1 Å². The summed E-state index contributed by atoms with van der Waals surface area (Å²) in [5.41, 5.74) is 1.15. The second-order valence-corrected chi connectivity index (χ2v) is 6.61. The van der Waals surface area contributed by atoms with Gasteiger partial charge in [-0.05, 0) is 49.5 Å². The van der Waals surface area contributed by atoms with Crippen molar-refractivity contribution in [2.45, 2.75) is 26.3 Å². The number of fused-ring (bicyclic) bond motifs is 1. The lowest BCUT2D eigenvalue weighted by Gasteiger charge is -2.21. The maximum atomic E-state index is 5.41. The minimum absolute atomic E-state index is 0. The highest BCUT2D eigenvalue weighted by atomic mass is 127. The van der Waals surface area contributed by atoms with E-state index in [1.807, 2.05) is 18.2 Å². The Morgan fingerprint density at radius 3 is 2.72 bits per heavy atom. The monoisotopic (exact) mass is 460 g/mol. The van der Waals surface area contributed by atoms with Crippen molar-refractivity contribution in [1.82, 2.24) is 15.5 Å². The molecule has 2 N–H and O–H groups in total. The Kier molecular flexibility index (Phi) is 8.08. The standard InChI is InChI=1S/C18H28N4O2.HI/c1-14(12-22-7-3-4-8-22)10-20-18(19-2)21-11-15-5-6-16-17(9-15)24-13-23-16;/h5-6,9,14H,3-4,7-8,10-13H2,1-2H3,(H2,19,20,21);1H. The van der Waals surface area contributed by atoms with Gasteiger partial charge in [-0.15, -0.1) is 24.0 Å². The Morgan fingerprint density at radius 2 is 1.96 bits per heavy atom. The van der Waals surface area contributed by atoms with Crippen molar-refractivity contribution in [2.75, 3.05) is 40.0 Å². The van der Waals surface area contributed by atoms with Crippen molar-refractivity contribution in [3.63, 3.8) is 0 Å². The molecule has 2 aliphatic heterocycles. The lowest BCUT2D eigenvalue weighted by atomic mass is 10.1. The van der Waals surface area contributed by atoms with Crippen LogP contribution in [0.4, 0.5) is 0 Å². The van der Waals surface area contributed by atoms with E-state index in [1.165, 1.54) is 25.9 Å². The number of ether oxygens (including phenoxy) is 2. The molecular weight excluding hydrogens is 431 g/mol. The van der Waals surface area contributed by atoms with Crippen molar-refractivity contribution in [3.05, 3.63) is 23.8 Å². The molecular formula is C18H29IN4O2. The summed E-state index contributed by atoms with van der Waals surface area (Å²) in [5, 5.41) is 6.78. The van der Waals surface area contributed by atoms with Gasteiger partial charge in [-0.25, -0.2) is 0 Å². The van der Waals surface area contributed by atoms with Gasteiger partial charge in [0.25, 0.3) is 0 Å². The summed E-state index contributed by atoms with van der Waals surface area (Å²) in [7, 11) is 1.81. The number of halogens is 1. The van der Waals surface area contributed by atoms with E-state index in [9.17, 15) is 0 Å². The predicted octanol–water partition coefficient (Wildman–Crippen LogP) is 2.43. The second kappa shape index (κ2) is 10.1. The molecule has 0 saturated carbocycles. The number of benzene rings is 1. The smallest absolute Gasteiger partial charge is 0.231 e. The first-order valence-corrected chi connectivity index (χ1v) is 8.80. The summed E-state index contributed by atoms with van der Waals surface area (Å²) >= 11 is 0. The van der Waals surface area contributed by atoms with E-state index in [1.54, 1.807) is 7.05 Å². The van der Waals surface area contributed by atoms with Crippen LogP contribution in [0.15, 0.2) is 23.2 Å². The average Bonchev–Trinajstić information content (AvgIpc) is 3.25. The molecule has 0 amide bonds. The molecule has 1 aromatic carbocycles. The van der Waals surface area contributed by atoms with Crippen LogP contribution < -0.4 is 20.1 Å². The summed E-state index contributed by atoms with van der Waals surface area (Å²) < 4.78 is 10.8. The van der Waals surface area contributed by atoms with Gasteiger partial charge in [0.2, 0.25) is 6.79 Å². The molecule has 7 heteroatoms. The van der Waals surface area contributed by atoms with Crippen LogP contribution in [0, 0.1) is 5.92 Å². The van der Waals surface area contributed by atoms with Gasteiger partial charge >= 0.3 is 0 Å². The molecule has 0 spiro atoms. The molecule has 3 rings (SSSR count). The van der Waals surface area contributed by atoms with Gasteiger partial charge < -0.3 is 25.0 Å². The molecule has 1 atom stereocenters. The number of likely N-dealkylation sites (tertiary alicyclic amines) is 1. The third-order valence-electron chi connectivity index (χ3n) is 4.51. The van der Waals surface area contributed by atoms with Gasteiger partial charge in [-0.2, -0.15) is 0 Å². The highest BCUT2D eigenvalue weighted by Gasteiger charge is 2.15. The highest BCUT2D eigenvalue weighted by Crippen LogP contribution is 2.32. The summed E-state index contributed by atoms with van der Waals surface area (Å²) in [6.07, 6.45) is 2.69. The fourth-order valence-electron chi connectivity index (χ4n) is 3.20. The second-order valence-electron chi connectivity index (χ2n) is 6.61. The molecule has 140 valence electrons. The number of nitrogens with one attached hydrogen (secondary N) is 2. The highest BCUT2D eigenvalue weighted by molar-refractivity contribution is 14.0. The summed E-state index contributed by atoms with van der Waals surface area (Å²) in [6, 6.07) is 6.01. The Labute approximate surface area is 167 Å². The normalized spacial score (nSPS) is 17.9. The molecule has 0 radical (unpaired) electrons. The van der Waals surface area contributed by atoms with Gasteiger partial charge in [0.05, 0.1) is 0 Å². The molecule has 2 aliphatic rings. The first kappa shape index (κ1) is 20.1. The predicted molar refractivity (Wildman–Crippen MR) is 111 cm³/mol. The third kappa shape index (κ3) is 5.91. The number of hydrogen-bond acceptors (Lipinski definition) is 4. The molecule has 0 aliphatic carbocycles. The van der Waals surface area contributed by atoms with Crippen molar-refractivity contribution in [2.24, 2.45) is 10.9 Å². The molecule has 2 heterocycles. The van der Waals surface area contributed by atoms with Gasteiger partial charge in [0.1, 0.15) is 0 Å². The molecule has 0 bridgehead atoms. The lowest BCUT2D eigenvalue weighted by molar-refractivity contribution is 0.174. The molecule has 1 aromatic rings. The number of aliphatic imine (C=N–C) groups is 1. The van der Waals surface area contributed by atoms with E-state index in [-0.39, 0.29) is 24.0 Å². The summed E-state index contributed by atoms with van der Waals surface area (Å²) in [6.45, 7) is 7.89. The van der Waals surface area contributed by atoms with E-state index < -0.39 is 0 Å². The maximum Gasteiger partial charge on any atom is 0.231 e. The third-order valence-corrected chi connectivity index (χ3v) is 4.51. The topological polar surface area (TPSA) is 58.1 Å². The lowest BCUT2D eigenvalue weighted by Crippen LogP contribution is -2.41. The fourth-order valence-corrected chi connectivity index (χ4v) is 3.20. The first-order chi connectivity index (χ1) is 11.7. The first-order valence-electron chi connectivity index (χ1n) is 8.80. The molecule has 6 nitrogen and oxygen atoms in total. The summed E-state index contributed by atoms with van der Waals surface area (Å²) in [5.74, 6) is 3.07. The van der Waals surface area contributed by atoms with Gasteiger partial charge in [-0.3, -0.25) is 4.99 Å². The van der Waals surface area contributed by atoms with Crippen LogP contribution in [0.5, 0.6) is 11.5 Å². The average molecular weight is 460 g/mol. The van der Waals surface area contributed by atoms with Crippen LogP contribution in [-0.2, 0) is 6.54 Å². The zero-order valence-electron chi connectivity index (χ0n) is 15.1.